The van der Waals surface area contributed by atoms with Crippen LogP contribution in [0, 0.1) is 5.92 Å². The van der Waals surface area contributed by atoms with E-state index in [-0.39, 0.29) is 6.10 Å². The van der Waals surface area contributed by atoms with Gasteiger partial charge in [0, 0.05) is 11.0 Å². The molecule has 2 nitrogen and oxygen atoms in total. The van der Waals surface area contributed by atoms with Crippen LogP contribution in [0.15, 0.2) is 28.7 Å². The van der Waals surface area contributed by atoms with Crippen molar-refractivity contribution >= 4 is 15.9 Å². The highest BCUT2D eigenvalue weighted by Gasteiger charge is 2.19. The molecule has 1 atom stereocenters. The van der Waals surface area contributed by atoms with Crippen LogP contribution in [0.1, 0.15) is 50.7 Å². The van der Waals surface area contributed by atoms with Crippen molar-refractivity contribution in [2.24, 2.45) is 5.92 Å². The van der Waals surface area contributed by atoms with Crippen molar-refractivity contribution in [1.29, 1.82) is 0 Å². The zero-order valence-corrected chi connectivity index (χ0v) is 14.0. The average Bonchev–Trinajstić information content (AvgIpc) is 2.46. The number of aliphatic hydroxyl groups is 1. The van der Waals surface area contributed by atoms with Crippen molar-refractivity contribution < 1.29 is 5.11 Å². The molecule has 1 fully saturated rings. The van der Waals surface area contributed by atoms with E-state index >= 15 is 0 Å². The highest BCUT2D eigenvalue weighted by molar-refractivity contribution is 9.10. The van der Waals surface area contributed by atoms with Crippen LogP contribution in [0.25, 0.3) is 0 Å². The fourth-order valence-electron chi connectivity index (χ4n) is 3.09. The maximum absolute atomic E-state index is 10.3. The number of halogens is 1. The number of rotatable bonds is 6. The van der Waals surface area contributed by atoms with Gasteiger partial charge in [0.2, 0.25) is 0 Å². The molecular formula is C17H26BrNO. The van der Waals surface area contributed by atoms with Crippen molar-refractivity contribution in [2.75, 3.05) is 19.6 Å². The van der Waals surface area contributed by atoms with E-state index in [1.807, 2.05) is 24.3 Å². The van der Waals surface area contributed by atoms with Gasteiger partial charge in [-0.2, -0.15) is 0 Å². The first-order valence-corrected chi connectivity index (χ1v) is 8.64. The quantitative estimate of drug-likeness (QED) is 0.830. The Bertz CT molecular complexity index is 402. The molecular weight excluding hydrogens is 314 g/mol. The maximum atomic E-state index is 10.3. The van der Waals surface area contributed by atoms with Crippen LogP contribution in [0.4, 0.5) is 0 Å². The first-order chi connectivity index (χ1) is 9.69. The number of likely N-dealkylation sites (tertiary alicyclic amines) is 1. The van der Waals surface area contributed by atoms with Crippen LogP contribution in [0.3, 0.4) is 0 Å². The van der Waals surface area contributed by atoms with Gasteiger partial charge in [-0.05, 0) is 56.0 Å². The molecule has 1 aliphatic heterocycles. The smallest absolute Gasteiger partial charge is 0.0802 e. The Labute approximate surface area is 131 Å². The highest BCUT2D eigenvalue weighted by atomic mass is 79.9. The predicted molar refractivity (Wildman–Crippen MR) is 87.8 cm³/mol. The van der Waals surface area contributed by atoms with E-state index < -0.39 is 0 Å². The number of nitrogens with zero attached hydrogens (tertiary/aromatic N) is 1. The van der Waals surface area contributed by atoms with Gasteiger partial charge < -0.3 is 10.0 Å². The molecule has 20 heavy (non-hydrogen) atoms. The van der Waals surface area contributed by atoms with Gasteiger partial charge in [-0.15, -0.1) is 0 Å². The first-order valence-electron chi connectivity index (χ1n) is 7.85. The molecule has 1 N–H and O–H groups in total. The summed E-state index contributed by atoms with van der Waals surface area (Å²) in [6.45, 7) is 5.69. The van der Waals surface area contributed by atoms with E-state index in [0.717, 1.165) is 28.9 Å². The lowest BCUT2D eigenvalue weighted by Crippen LogP contribution is -2.34. The second-order valence-corrected chi connectivity index (χ2v) is 6.85. The molecule has 1 aliphatic rings. The van der Waals surface area contributed by atoms with E-state index in [4.69, 9.17) is 0 Å². The topological polar surface area (TPSA) is 23.5 Å². The molecule has 0 bridgehead atoms. The minimum Gasteiger partial charge on any atom is -0.388 e. The molecule has 0 amide bonds. The molecule has 112 valence electrons. The predicted octanol–water partition coefficient (Wildman–Crippen LogP) is 4.38. The van der Waals surface area contributed by atoms with Gasteiger partial charge >= 0.3 is 0 Å². The van der Waals surface area contributed by atoms with E-state index in [0.29, 0.717) is 0 Å². The fraction of sp³-hybridized carbons (Fsp3) is 0.647. The van der Waals surface area contributed by atoms with Crippen molar-refractivity contribution in [3.63, 3.8) is 0 Å². The van der Waals surface area contributed by atoms with Crippen molar-refractivity contribution in [3.8, 4) is 0 Å². The number of hydrogen-bond acceptors (Lipinski definition) is 2. The summed E-state index contributed by atoms with van der Waals surface area (Å²) in [7, 11) is 0. The van der Waals surface area contributed by atoms with Gasteiger partial charge in [-0.25, -0.2) is 0 Å². The van der Waals surface area contributed by atoms with Crippen LogP contribution in [-0.4, -0.2) is 29.6 Å². The molecule has 1 aromatic rings. The molecule has 3 heteroatoms. The van der Waals surface area contributed by atoms with Gasteiger partial charge in [0.15, 0.2) is 0 Å². The summed E-state index contributed by atoms with van der Waals surface area (Å²) in [5.74, 6) is 0.936. The molecule has 0 radical (unpaired) electrons. The SMILES string of the molecule is CCCC1CCN(CCC(O)c2cccc(Br)c2)CC1. The lowest BCUT2D eigenvalue weighted by atomic mass is 9.92. The number of benzene rings is 1. The summed E-state index contributed by atoms with van der Waals surface area (Å²) in [6.07, 6.45) is 5.85. The van der Waals surface area contributed by atoms with Gasteiger partial charge in [0.05, 0.1) is 6.10 Å². The number of piperidine rings is 1. The summed E-state index contributed by atoms with van der Waals surface area (Å²) >= 11 is 3.46. The Kier molecular flexibility index (Phi) is 6.53. The van der Waals surface area contributed by atoms with Crippen molar-refractivity contribution in [3.05, 3.63) is 34.3 Å². The van der Waals surface area contributed by atoms with E-state index in [2.05, 4.69) is 27.8 Å². The van der Waals surface area contributed by atoms with E-state index in [1.165, 1.54) is 38.8 Å². The van der Waals surface area contributed by atoms with Crippen LogP contribution < -0.4 is 0 Å². The average molecular weight is 340 g/mol. The minimum absolute atomic E-state index is 0.346. The standard InChI is InChI=1S/C17H26BrNO/c1-2-4-14-7-10-19(11-8-14)12-9-17(20)15-5-3-6-16(18)13-15/h3,5-6,13-14,17,20H,2,4,7-12H2,1H3. The van der Waals surface area contributed by atoms with Gasteiger partial charge in [-0.3, -0.25) is 0 Å². The van der Waals surface area contributed by atoms with Crippen molar-refractivity contribution in [2.45, 2.75) is 45.1 Å². The normalized spacial score (nSPS) is 19.1. The van der Waals surface area contributed by atoms with E-state index in [1.54, 1.807) is 0 Å². The summed E-state index contributed by atoms with van der Waals surface area (Å²) in [4.78, 5) is 2.51. The molecule has 0 saturated carbocycles. The van der Waals surface area contributed by atoms with E-state index in [9.17, 15) is 5.11 Å². The third-order valence-electron chi connectivity index (χ3n) is 4.36. The minimum atomic E-state index is -0.346. The molecule has 1 unspecified atom stereocenters. The zero-order valence-electron chi connectivity index (χ0n) is 12.4. The molecule has 0 aliphatic carbocycles. The lowest BCUT2D eigenvalue weighted by Gasteiger charge is -2.32. The van der Waals surface area contributed by atoms with Crippen LogP contribution in [0.5, 0.6) is 0 Å². The van der Waals surface area contributed by atoms with Gasteiger partial charge in [-0.1, -0.05) is 47.8 Å². The molecule has 2 rings (SSSR count). The Morgan fingerprint density at radius 1 is 1.35 bits per heavy atom. The van der Waals surface area contributed by atoms with Gasteiger partial charge in [0.1, 0.15) is 0 Å². The molecule has 0 spiro atoms. The molecule has 0 aromatic heterocycles. The van der Waals surface area contributed by atoms with Crippen LogP contribution >= 0.6 is 15.9 Å². The fourth-order valence-corrected chi connectivity index (χ4v) is 3.51. The van der Waals surface area contributed by atoms with Gasteiger partial charge in [0.25, 0.3) is 0 Å². The summed E-state index contributed by atoms with van der Waals surface area (Å²) < 4.78 is 1.04. The van der Waals surface area contributed by atoms with Crippen LogP contribution in [0.2, 0.25) is 0 Å². The first kappa shape index (κ1) is 16.0. The highest BCUT2D eigenvalue weighted by Crippen LogP contribution is 2.24. The number of aliphatic hydroxyl groups excluding tert-OH is 1. The van der Waals surface area contributed by atoms with Crippen molar-refractivity contribution in [1.82, 2.24) is 4.90 Å². The Balaban J connectivity index is 1.73. The molecule has 1 saturated heterocycles. The van der Waals surface area contributed by atoms with Crippen LogP contribution in [-0.2, 0) is 0 Å². The third-order valence-corrected chi connectivity index (χ3v) is 4.85. The Hall–Kier alpha value is -0.380. The second kappa shape index (κ2) is 8.16. The maximum Gasteiger partial charge on any atom is 0.0802 e. The number of hydrogen-bond donors (Lipinski definition) is 1. The third kappa shape index (κ3) is 4.87. The Morgan fingerprint density at radius 2 is 2.10 bits per heavy atom. The lowest BCUT2D eigenvalue weighted by molar-refractivity contribution is 0.121. The molecule has 1 aromatic carbocycles. The largest absolute Gasteiger partial charge is 0.388 e. The summed E-state index contributed by atoms with van der Waals surface area (Å²) in [5, 5.41) is 10.3. The summed E-state index contributed by atoms with van der Waals surface area (Å²) in [5.41, 5.74) is 1.01. The second-order valence-electron chi connectivity index (χ2n) is 5.93. The Morgan fingerprint density at radius 3 is 2.75 bits per heavy atom. The monoisotopic (exact) mass is 339 g/mol. The molecule has 1 heterocycles. The zero-order chi connectivity index (χ0) is 14.4. The summed E-state index contributed by atoms with van der Waals surface area (Å²) in [6, 6.07) is 7.99.